The first kappa shape index (κ1) is 11.0. The van der Waals surface area contributed by atoms with Gasteiger partial charge in [0.1, 0.15) is 5.82 Å². The van der Waals surface area contributed by atoms with Gasteiger partial charge in [0.2, 0.25) is 0 Å². The smallest absolute Gasteiger partial charge is 0.187 e. The molecule has 0 bridgehead atoms. The second-order valence-electron chi connectivity index (χ2n) is 4.09. The van der Waals surface area contributed by atoms with Crippen LogP contribution in [-0.4, -0.2) is 44.5 Å². The lowest BCUT2D eigenvalue weighted by atomic mass is 10.2. The van der Waals surface area contributed by atoms with Crippen LogP contribution in [0.1, 0.15) is 11.9 Å². The topological polar surface area (TPSA) is 43.8 Å². The number of aromatic nitrogens is 1. The summed E-state index contributed by atoms with van der Waals surface area (Å²) in [7, 11) is 0. The second kappa shape index (κ2) is 5.00. The van der Waals surface area contributed by atoms with Crippen LogP contribution >= 0.6 is 0 Å². The Balaban J connectivity index is 1.86. The first-order valence-corrected chi connectivity index (χ1v) is 5.96. The molecule has 0 N–H and O–H groups in total. The van der Waals surface area contributed by atoms with E-state index in [4.69, 9.17) is 14.2 Å². The van der Waals surface area contributed by atoms with Gasteiger partial charge >= 0.3 is 0 Å². The molecule has 0 aliphatic carbocycles. The maximum absolute atomic E-state index is 5.55. The number of hydrogen-bond donors (Lipinski definition) is 0. The molecule has 2 aliphatic rings. The fraction of sp³-hybridized carbons (Fsp3) is 0.583. The van der Waals surface area contributed by atoms with Crippen LogP contribution in [0.4, 0.5) is 5.82 Å². The maximum Gasteiger partial charge on any atom is 0.187 e. The number of morpholine rings is 1. The standard InChI is InChI=1S/C12H16N2O3/c1-2-10(12-16-8-9-17-12)11(13-3-1)14-4-6-15-7-5-14/h1-3,12H,4-9H2. The molecule has 2 saturated heterocycles. The molecule has 0 amide bonds. The lowest BCUT2D eigenvalue weighted by molar-refractivity contribution is -0.0440. The summed E-state index contributed by atoms with van der Waals surface area (Å²) in [5, 5.41) is 0. The van der Waals surface area contributed by atoms with E-state index in [1.807, 2.05) is 18.3 Å². The third-order valence-electron chi connectivity index (χ3n) is 3.00. The zero-order valence-electron chi connectivity index (χ0n) is 9.67. The molecule has 5 heteroatoms. The largest absolute Gasteiger partial charge is 0.378 e. The summed E-state index contributed by atoms with van der Waals surface area (Å²) in [5.74, 6) is 0.961. The third-order valence-corrected chi connectivity index (χ3v) is 3.00. The monoisotopic (exact) mass is 236 g/mol. The fourth-order valence-corrected chi connectivity index (χ4v) is 2.17. The van der Waals surface area contributed by atoms with Gasteiger partial charge in [-0.1, -0.05) is 0 Å². The number of hydrogen-bond acceptors (Lipinski definition) is 5. The van der Waals surface area contributed by atoms with E-state index in [0.717, 1.165) is 37.7 Å². The van der Waals surface area contributed by atoms with Gasteiger partial charge in [-0.2, -0.15) is 0 Å². The van der Waals surface area contributed by atoms with Gasteiger partial charge in [0, 0.05) is 19.3 Å². The number of ether oxygens (including phenoxy) is 3. The third kappa shape index (κ3) is 2.26. The van der Waals surface area contributed by atoms with Crippen molar-refractivity contribution in [3.05, 3.63) is 23.9 Å². The number of rotatable bonds is 2. The minimum Gasteiger partial charge on any atom is -0.378 e. The fourth-order valence-electron chi connectivity index (χ4n) is 2.17. The molecule has 1 aromatic rings. The molecular formula is C12H16N2O3. The van der Waals surface area contributed by atoms with E-state index in [2.05, 4.69) is 9.88 Å². The Morgan fingerprint density at radius 2 is 1.88 bits per heavy atom. The molecule has 92 valence electrons. The average molecular weight is 236 g/mol. The number of pyridine rings is 1. The molecule has 2 aliphatic heterocycles. The van der Waals surface area contributed by atoms with Crippen LogP contribution in [0.5, 0.6) is 0 Å². The lowest BCUT2D eigenvalue weighted by Crippen LogP contribution is -2.37. The normalized spacial score (nSPS) is 22.0. The molecule has 0 aromatic carbocycles. The summed E-state index contributed by atoms with van der Waals surface area (Å²) in [6.45, 7) is 4.56. The maximum atomic E-state index is 5.55. The van der Waals surface area contributed by atoms with Crippen LogP contribution in [0.2, 0.25) is 0 Å². The molecule has 3 heterocycles. The Labute approximate surface area is 100 Å². The molecule has 0 radical (unpaired) electrons. The quantitative estimate of drug-likeness (QED) is 0.765. The van der Waals surface area contributed by atoms with E-state index in [-0.39, 0.29) is 6.29 Å². The zero-order valence-corrected chi connectivity index (χ0v) is 9.67. The number of nitrogens with zero attached hydrogens (tertiary/aromatic N) is 2. The Kier molecular flexibility index (Phi) is 3.22. The van der Waals surface area contributed by atoms with Gasteiger partial charge in [-0.3, -0.25) is 0 Å². The minimum absolute atomic E-state index is 0.262. The van der Waals surface area contributed by atoms with Crippen LogP contribution in [0.25, 0.3) is 0 Å². The van der Waals surface area contributed by atoms with Gasteiger partial charge < -0.3 is 19.1 Å². The van der Waals surface area contributed by atoms with Crippen molar-refractivity contribution in [2.24, 2.45) is 0 Å². The van der Waals surface area contributed by atoms with Gasteiger partial charge in [0.15, 0.2) is 6.29 Å². The highest BCUT2D eigenvalue weighted by molar-refractivity contribution is 5.47. The van der Waals surface area contributed by atoms with E-state index < -0.39 is 0 Å². The Hall–Kier alpha value is -1.17. The van der Waals surface area contributed by atoms with Crippen molar-refractivity contribution in [2.75, 3.05) is 44.4 Å². The first-order chi connectivity index (χ1) is 8.45. The van der Waals surface area contributed by atoms with Crippen LogP contribution in [0.3, 0.4) is 0 Å². The molecular weight excluding hydrogens is 220 g/mol. The molecule has 17 heavy (non-hydrogen) atoms. The molecule has 2 fully saturated rings. The van der Waals surface area contributed by atoms with Crippen LogP contribution in [-0.2, 0) is 14.2 Å². The van der Waals surface area contributed by atoms with Gasteiger partial charge in [-0.15, -0.1) is 0 Å². The molecule has 0 unspecified atom stereocenters. The predicted molar refractivity (Wildman–Crippen MR) is 61.9 cm³/mol. The molecule has 5 nitrogen and oxygen atoms in total. The first-order valence-electron chi connectivity index (χ1n) is 5.96. The summed E-state index contributed by atoms with van der Waals surface area (Å²) in [6, 6.07) is 3.94. The van der Waals surface area contributed by atoms with Gasteiger partial charge in [0.05, 0.1) is 32.0 Å². The summed E-state index contributed by atoms with van der Waals surface area (Å²) in [4.78, 5) is 6.68. The number of anilines is 1. The Morgan fingerprint density at radius 1 is 1.12 bits per heavy atom. The molecule has 0 saturated carbocycles. The SMILES string of the molecule is c1cnc(N2CCOCC2)c(C2OCCO2)c1. The minimum atomic E-state index is -0.262. The van der Waals surface area contributed by atoms with Gasteiger partial charge in [-0.25, -0.2) is 4.98 Å². The summed E-state index contributed by atoms with van der Waals surface area (Å²) < 4.78 is 16.5. The van der Waals surface area contributed by atoms with E-state index in [1.54, 1.807) is 0 Å². The van der Waals surface area contributed by atoms with Crippen molar-refractivity contribution >= 4 is 5.82 Å². The van der Waals surface area contributed by atoms with E-state index in [9.17, 15) is 0 Å². The molecule has 0 spiro atoms. The van der Waals surface area contributed by atoms with Gasteiger partial charge in [-0.05, 0) is 12.1 Å². The van der Waals surface area contributed by atoms with Crippen LogP contribution in [0.15, 0.2) is 18.3 Å². The van der Waals surface area contributed by atoms with Gasteiger partial charge in [0.25, 0.3) is 0 Å². The molecule has 3 rings (SSSR count). The lowest BCUT2D eigenvalue weighted by Gasteiger charge is -2.30. The van der Waals surface area contributed by atoms with E-state index in [1.165, 1.54) is 0 Å². The summed E-state index contributed by atoms with van der Waals surface area (Å²) >= 11 is 0. The average Bonchev–Trinajstić information content (AvgIpc) is 2.94. The van der Waals surface area contributed by atoms with Crippen LogP contribution < -0.4 is 4.90 Å². The highest BCUT2D eigenvalue weighted by Gasteiger charge is 2.25. The zero-order chi connectivity index (χ0) is 11.5. The van der Waals surface area contributed by atoms with Crippen LogP contribution in [0, 0.1) is 0 Å². The van der Waals surface area contributed by atoms with Crippen molar-refractivity contribution in [1.29, 1.82) is 0 Å². The van der Waals surface area contributed by atoms with Crippen molar-refractivity contribution < 1.29 is 14.2 Å². The highest BCUT2D eigenvalue weighted by atomic mass is 16.7. The highest BCUT2D eigenvalue weighted by Crippen LogP contribution is 2.30. The van der Waals surface area contributed by atoms with Crippen molar-refractivity contribution in [3.8, 4) is 0 Å². The molecule has 1 aromatic heterocycles. The summed E-state index contributed by atoms with van der Waals surface area (Å²) in [5.41, 5.74) is 1.02. The van der Waals surface area contributed by atoms with E-state index in [0.29, 0.717) is 13.2 Å². The van der Waals surface area contributed by atoms with Crippen molar-refractivity contribution in [1.82, 2.24) is 4.98 Å². The summed E-state index contributed by atoms with van der Waals surface area (Å²) in [6.07, 6.45) is 1.55. The Morgan fingerprint density at radius 3 is 2.65 bits per heavy atom. The second-order valence-corrected chi connectivity index (χ2v) is 4.09. The van der Waals surface area contributed by atoms with Crippen molar-refractivity contribution in [3.63, 3.8) is 0 Å². The Bertz CT molecular complexity index is 374. The van der Waals surface area contributed by atoms with Crippen molar-refractivity contribution in [2.45, 2.75) is 6.29 Å². The predicted octanol–water partition coefficient (Wildman–Crippen LogP) is 0.964. The van der Waals surface area contributed by atoms with E-state index >= 15 is 0 Å². The molecule has 0 atom stereocenters.